The van der Waals surface area contributed by atoms with Gasteiger partial charge >= 0.3 is 0 Å². The van der Waals surface area contributed by atoms with Gasteiger partial charge in [-0.15, -0.1) is 0 Å². The molecule has 1 N–H and O–H groups in total. The van der Waals surface area contributed by atoms with E-state index in [2.05, 4.69) is 32.8 Å². The Bertz CT molecular complexity index is 545. The number of nitrogens with one attached hydrogen (secondary N) is 1. The van der Waals surface area contributed by atoms with Gasteiger partial charge in [0.2, 0.25) is 5.95 Å². The second-order valence-electron chi connectivity index (χ2n) is 4.87. The van der Waals surface area contributed by atoms with Crippen molar-refractivity contribution in [2.24, 2.45) is 7.05 Å². The molecule has 102 valence electrons. The highest BCUT2D eigenvalue weighted by molar-refractivity contribution is 5.31. The van der Waals surface area contributed by atoms with Gasteiger partial charge in [-0.05, 0) is 18.6 Å². The van der Waals surface area contributed by atoms with E-state index in [1.807, 2.05) is 44.5 Å². The van der Waals surface area contributed by atoms with Crippen LogP contribution in [0.1, 0.15) is 17.0 Å². The van der Waals surface area contributed by atoms with Crippen molar-refractivity contribution in [3.63, 3.8) is 0 Å². The average Bonchev–Trinajstić information content (AvgIpc) is 2.74. The Hall–Kier alpha value is -1.88. The zero-order valence-electron chi connectivity index (χ0n) is 12.0. The fraction of sp³-hybridized carbons (Fsp3) is 0.429. The van der Waals surface area contributed by atoms with Gasteiger partial charge in [-0.25, -0.2) is 4.98 Å². The topological polar surface area (TPSA) is 46.0 Å². The van der Waals surface area contributed by atoms with Crippen LogP contribution < -0.4 is 10.2 Å². The molecule has 2 aromatic rings. The fourth-order valence-corrected chi connectivity index (χ4v) is 2.03. The summed E-state index contributed by atoms with van der Waals surface area (Å²) in [4.78, 5) is 10.8. The average molecular weight is 259 g/mol. The summed E-state index contributed by atoms with van der Waals surface area (Å²) in [7, 11) is 6.03. The molecule has 0 aromatic carbocycles. The second kappa shape index (κ2) is 5.84. The lowest BCUT2D eigenvalue weighted by atomic mass is 10.2. The van der Waals surface area contributed by atoms with Gasteiger partial charge in [0.15, 0.2) is 0 Å². The predicted octanol–water partition coefficient (Wildman–Crippen LogP) is 1.48. The Morgan fingerprint density at radius 3 is 2.68 bits per heavy atom. The van der Waals surface area contributed by atoms with Crippen LogP contribution in [-0.2, 0) is 20.1 Å². The molecule has 2 heterocycles. The Morgan fingerprint density at radius 1 is 1.26 bits per heavy atom. The Kier molecular flexibility index (Phi) is 4.16. The molecular weight excluding hydrogens is 238 g/mol. The number of aryl methyl sites for hydroxylation is 1. The summed E-state index contributed by atoms with van der Waals surface area (Å²) < 4.78 is 2.10. The lowest BCUT2D eigenvalue weighted by Gasteiger charge is -2.13. The third-order valence-corrected chi connectivity index (χ3v) is 3.18. The number of hydrogen-bond donors (Lipinski definition) is 1. The molecule has 5 nitrogen and oxygen atoms in total. The number of aromatic nitrogens is 3. The number of anilines is 1. The van der Waals surface area contributed by atoms with E-state index >= 15 is 0 Å². The lowest BCUT2D eigenvalue weighted by Crippen LogP contribution is -2.18. The molecule has 0 saturated heterocycles. The standard InChI is InChI=1S/C14H21N5/c1-11-6-5-7-16-13(11)10-15-8-12-9-17-14(18(2)3)19(12)4/h5-7,9,15H,8,10H2,1-4H3. The van der Waals surface area contributed by atoms with E-state index in [-0.39, 0.29) is 0 Å². The first-order valence-electron chi connectivity index (χ1n) is 6.38. The van der Waals surface area contributed by atoms with Gasteiger partial charge < -0.3 is 14.8 Å². The molecule has 0 unspecified atom stereocenters. The van der Waals surface area contributed by atoms with Crippen LogP contribution in [0.4, 0.5) is 5.95 Å². The van der Waals surface area contributed by atoms with Gasteiger partial charge in [0.25, 0.3) is 0 Å². The highest BCUT2D eigenvalue weighted by Gasteiger charge is 2.07. The molecule has 0 aliphatic rings. The normalized spacial score (nSPS) is 10.7. The van der Waals surface area contributed by atoms with Crippen LogP contribution in [0.15, 0.2) is 24.5 Å². The van der Waals surface area contributed by atoms with Crippen molar-refractivity contribution in [2.75, 3.05) is 19.0 Å². The summed E-state index contributed by atoms with van der Waals surface area (Å²) in [6.45, 7) is 3.64. The monoisotopic (exact) mass is 259 g/mol. The Morgan fingerprint density at radius 2 is 2.05 bits per heavy atom. The number of rotatable bonds is 5. The minimum Gasteiger partial charge on any atom is -0.348 e. The Labute approximate surface area is 114 Å². The second-order valence-corrected chi connectivity index (χ2v) is 4.87. The van der Waals surface area contributed by atoms with Crippen LogP contribution >= 0.6 is 0 Å². The zero-order chi connectivity index (χ0) is 13.8. The quantitative estimate of drug-likeness (QED) is 0.883. The Balaban J connectivity index is 1.95. The van der Waals surface area contributed by atoms with Crippen molar-refractivity contribution in [2.45, 2.75) is 20.0 Å². The molecule has 2 aromatic heterocycles. The van der Waals surface area contributed by atoms with Crippen LogP contribution in [0.5, 0.6) is 0 Å². The molecule has 0 bridgehead atoms. The highest BCUT2D eigenvalue weighted by Crippen LogP contribution is 2.11. The van der Waals surface area contributed by atoms with Gasteiger partial charge in [-0.3, -0.25) is 4.98 Å². The van der Waals surface area contributed by atoms with Crippen LogP contribution in [0.2, 0.25) is 0 Å². The molecule has 0 radical (unpaired) electrons. The minimum absolute atomic E-state index is 0.773. The maximum Gasteiger partial charge on any atom is 0.204 e. The summed E-state index contributed by atoms with van der Waals surface area (Å²) >= 11 is 0. The van der Waals surface area contributed by atoms with Gasteiger partial charge in [0.1, 0.15) is 0 Å². The summed E-state index contributed by atoms with van der Waals surface area (Å²) in [6.07, 6.45) is 3.74. The van der Waals surface area contributed by atoms with Crippen LogP contribution in [0.3, 0.4) is 0 Å². The third kappa shape index (κ3) is 3.12. The summed E-state index contributed by atoms with van der Waals surface area (Å²) in [6, 6.07) is 4.04. The van der Waals surface area contributed by atoms with Crippen molar-refractivity contribution < 1.29 is 0 Å². The number of hydrogen-bond acceptors (Lipinski definition) is 4. The van der Waals surface area contributed by atoms with Crippen molar-refractivity contribution in [3.8, 4) is 0 Å². The predicted molar refractivity (Wildman–Crippen MR) is 77.1 cm³/mol. The van der Waals surface area contributed by atoms with Crippen LogP contribution in [-0.4, -0.2) is 28.6 Å². The number of pyridine rings is 1. The first kappa shape index (κ1) is 13.5. The first-order chi connectivity index (χ1) is 9.09. The third-order valence-electron chi connectivity index (χ3n) is 3.18. The highest BCUT2D eigenvalue weighted by atomic mass is 15.3. The van der Waals surface area contributed by atoms with E-state index in [9.17, 15) is 0 Å². The van der Waals surface area contributed by atoms with Crippen molar-refractivity contribution >= 4 is 5.95 Å². The van der Waals surface area contributed by atoms with Crippen molar-refractivity contribution in [3.05, 3.63) is 41.5 Å². The van der Waals surface area contributed by atoms with E-state index in [1.54, 1.807) is 0 Å². The molecule has 2 rings (SSSR count). The maximum absolute atomic E-state index is 4.39. The van der Waals surface area contributed by atoms with Gasteiger partial charge in [0.05, 0.1) is 17.6 Å². The van der Waals surface area contributed by atoms with E-state index in [4.69, 9.17) is 0 Å². The maximum atomic E-state index is 4.39. The molecular formula is C14H21N5. The molecule has 19 heavy (non-hydrogen) atoms. The summed E-state index contributed by atoms with van der Waals surface area (Å²) in [5.41, 5.74) is 3.48. The molecule has 0 spiro atoms. The largest absolute Gasteiger partial charge is 0.348 e. The molecule has 0 aliphatic heterocycles. The molecule has 5 heteroatoms. The van der Waals surface area contributed by atoms with E-state index < -0.39 is 0 Å². The zero-order valence-corrected chi connectivity index (χ0v) is 12.0. The van der Waals surface area contributed by atoms with E-state index in [0.29, 0.717) is 0 Å². The lowest BCUT2D eigenvalue weighted by molar-refractivity contribution is 0.642. The van der Waals surface area contributed by atoms with Gasteiger partial charge in [-0.2, -0.15) is 0 Å². The summed E-state index contributed by atoms with van der Waals surface area (Å²) in [5.74, 6) is 0.964. The van der Waals surface area contributed by atoms with Crippen molar-refractivity contribution in [1.82, 2.24) is 19.9 Å². The molecule has 0 fully saturated rings. The van der Waals surface area contributed by atoms with Gasteiger partial charge in [0, 0.05) is 40.4 Å². The first-order valence-corrected chi connectivity index (χ1v) is 6.38. The molecule has 0 saturated carbocycles. The smallest absolute Gasteiger partial charge is 0.204 e. The van der Waals surface area contributed by atoms with E-state index in [0.717, 1.165) is 30.4 Å². The van der Waals surface area contributed by atoms with Crippen LogP contribution in [0.25, 0.3) is 0 Å². The fourth-order valence-electron chi connectivity index (χ4n) is 2.03. The number of imidazole rings is 1. The molecule has 0 aliphatic carbocycles. The SMILES string of the molecule is Cc1cccnc1CNCc1cnc(N(C)C)n1C. The summed E-state index contributed by atoms with van der Waals surface area (Å²) in [5, 5.41) is 3.41. The molecule has 0 amide bonds. The van der Waals surface area contributed by atoms with Crippen LogP contribution in [0, 0.1) is 6.92 Å². The van der Waals surface area contributed by atoms with E-state index in [1.165, 1.54) is 5.56 Å². The minimum atomic E-state index is 0.773. The number of nitrogens with zero attached hydrogens (tertiary/aromatic N) is 4. The van der Waals surface area contributed by atoms with Gasteiger partial charge in [-0.1, -0.05) is 6.07 Å². The molecule has 0 atom stereocenters. The van der Waals surface area contributed by atoms with Crippen molar-refractivity contribution in [1.29, 1.82) is 0 Å².